The Balaban J connectivity index is 0.000000337. The Morgan fingerprint density at radius 1 is 0.352 bits per heavy atom. The van der Waals surface area contributed by atoms with Crippen LogP contribution in [0.1, 0.15) is 53.4 Å². The Hall–Kier alpha value is -2.45. The van der Waals surface area contributed by atoms with E-state index in [2.05, 4.69) is 222 Å². The first-order chi connectivity index (χ1) is 25.3. The molecule has 0 aromatic heterocycles. The van der Waals surface area contributed by atoms with Gasteiger partial charge in [-0.15, -0.1) is 50.5 Å². The topological polar surface area (TPSA) is 0 Å². The number of hydrogen-bond donors (Lipinski definition) is 0. The third-order valence-electron chi connectivity index (χ3n) is 7.72. The average molecular weight is 1110 g/mol. The predicted molar refractivity (Wildman–Crippen MR) is 235 cm³/mol. The Labute approximate surface area is 368 Å². The van der Waals surface area contributed by atoms with Gasteiger partial charge in [-0.05, 0) is 0 Å². The van der Waals surface area contributed by atoms with E-state index in [0.717, 1.165) is 25.7 Å². The van der Waals surface area contributed by atoms with E-state index in [4.69, 9.17) is 0 Å². The molecule has 4 aliphatic carbocycles. The Morgan fingerprint density at radius 3 is 0.648 bits per heavy atom. The maximum absolute atomic E-state index is 3.12. The van der Waals surface area contributed by atoms with Crippen LogP contribution in [0.5, 0.6) is 0 Å². The van der Waals surface area contributed by atoms with Crippen molar-refractivity contribution in [3.63, 3.8) is 0 Å². The summed E-state index contributed by atoms with van der Waals surface area (Å²) in [7, 11) is 0. The Morgan fingerprint density at radius 2 is 0.537 bits per heavy atom. The first-order valence-electron chi connectivity index (χ1n) is 17.7. The van der Waals surface area contributed by atoms with Crippen molar-refractivity contribution in [2.24, 2.45) is 0 Å². The Bertz CT molecular complexity index is 1630. The van der Waals surface area contributed by atoms with Crippen LogP contribution in [0.4, 0.5) is 0 Å². The summed E-state index contributed by atoms with van der Waals surface area (Å²) in [6, 6.07) is 43.5. The molecule has 0 saturated carbocycles. The van der Waals surface area contributed by atoms with Gasteiger partial charge in [0, 0.05) is 0 Å². The molecule has 0 nitrogen and oxygen atoms in total. The molecule has 8 rings (SSSR count). The van der Waals surface area contributed by atoms with Crippen LogP contribution in [0, 0.1) is 24.3 Å². The molecular weight excluding hydrogens is 1060 g/mol. The number of hydrogen-bond acceptors (Lipinski definition) is 0. The molecule has 0 bridgehead atoms. The molecule has 0 amide bonds. The number of rotatable bonds is 4. The monoisotopic (exact) mass is 1110 g/mol. The predicted octanol–water partition coefficient (Wildman–Crippen LogP) is 10.3. The molecule has 0 N–H and O–H groups in total. The van der Waals surface area contributed by atoms with Crippen LogP contribution in [-0.2, 0) is 46.0 Å². The van der Waals surface area contributed by atoms with Crippen LogP contribution in [-0.4, -0.2) is 11.0 Å². The first-order valence-corrected chi connectivity index (χ1v) is 31.5. The van der Waals surface area contributed by atoms with Crippen molar-refractivity contribution in [3.05, 3.63) is 217 Å². The van der Waals surface area contributed by atoms with E-state index in [1.54, 1.807) is 0 Å². The average Bonchev–Trinajstić information content (AvgIpc) is 4.06. The van der Waals surface area contributed by atoms with Crippen molar-refractivity contribution in [1.82, 2.24) is 0 Å². The molecular formula is C48H50Cl2Hf2Si2. The van der Waals surface area contributed by atoms with Gasteiger partial charge in [-0.1, -0.05) is 27.7 Å². The summed E-state index contributed by atoms with van der Waals surface area (Å²) in [5.74, 6) is 0. The van der Waals surface area contributed by atoms with Crippen molar-refractivity contribution in [2.45, 2.75) is 53.4 Å². The molecule has 0 heterocycles. The summed E-state index contributed by atoms with van der Waals surface area (Å²) >= 11 is 2.53. The second kappa shape index (κ2) is 30.7. The van der Waals surface area contributed by atoms with Crippen LogP contribution < -0.4 is 20.7 Å². The van der Waals surface area contributed by atoms with Crippen LogP contribution in [0.3, 0.4) is 0 Å². The van der Waals surface area contributed by atoms with E-state index in [1.165, 1.54) is 89.0 Å². The van der Waals surface area contributed by atoms with Crippen molar-refractivity contribution in [1.29, 1.82) is 0 Å². The van der Waals surface area contributed by atoms with Crippen molar-refractivity contribution in [3.8, 4) is 0 Å². The third kappa shape index (κ3) is 21.6. The van der Waals surface area contributed by atoms with Gasteiger partial charge in [0.25, 0.3) is 0 Å². The van der Waals surface area contributed by atoms with Gasteiger partial charge in [-0.3, -0.25) is 24.3 Å². The van der Waals surface area contributed by atoms with E-state index < -0.39 is 11.0 Å². The third-order valence-corrected chi connectivity index (χ3v) is 23.8. The quantitative estimate of drug-likeness (QED) is 0.141. The molecule has 0 unspecified atom stereocenters. The molecule has 0 saturated heterocycles. The molecule has 0 aliphatic heterocycles. The fraction of sp³-hybridized carbons (Fsp3) is 0.167. The van der Waals surface area contributed by atoms with Gasteiger partial charge in [-0.2, -0.15) is 24.3 Å². The molecule has 4 aromatic carbocycles. The van der Waals surface area contributed by atoms with E-state index in [0.29, 0.717) is 0 Å². The molecule has 6 heteroatoms. The normalized spacial score (nSPS) is 13.3. The summed E-state index contributed by atoms with van der Waals surface area (Å²) in [5, 5.41) is 6.15. The maximum atomic E-state index is 3.12. The fourth-order valence-electron chi connectivity index (χ4n) is 4.81. The number of halogens is 2. The van der Waals surface area contributed by atoms with Gasteiger partial charge >= 0.3 is 199 Å². The van der Waals surface area contributed by atoms with Crippen molar-refractivity contribution < 1.29 is 46.0 Å². The summed E-state index contributed by atoms with van der Waals surface area (Å²) < 4.78 is 0. The molecule has 0 spiro atoms. The molecule has 272 valence electrons. The van der Waals surface area contributed by atoms with E-state index in [-0.39, 0.29) is 24.8 Å². The standard InChI is InChI=1S/2C12H10Si.4C6H7.2ClH.2Hf/c2*1-3-7-11(8-4-1)13-12-9-5-2-6-10-12;4*1-6-4-2-3-5-6;;;;/h2*1-10H;4*2,4H,3H2,1H3;2*1H;;/q;;4*-1;;;2*+2. The minimum atomic E-state index is -0.406. The van der Waals surface area contributed by atoms with Gasteiger partial charge in [0.05, 0.1) is 0 Å². The molecule has 0 radical (unpaired) electrons. The van der Waals surface area contributed by atoms with Gasteiger partial charge in [0.2, 0.25) is 0 Å². The van der Waals surface area contributed by atoms with E-state index in [9.17, 15) is 0 Å². The van der Waals surface area contributed by atoms with Gasteiger partial charge < -0.3 is 0 Å². The first kappa shape index (κ1) is 49.6. The SMILES string of the molecule is CC1=[C-]CC=C1.CC1=[C-]CC=C1.CC1=[C-]CC=C1.CC1=[C-]CC=C1.Cl.Cl.[Hf+2]=[Si](c1ccccc1)c1ccccc1.[Hf+2]=[Si](c1ccccc1)c1ccccc1. The Kier molecular flexibility index (Phi) is 28.2. The van der Waals surface area contributed by atoms with Crippen LogP contribution in [0.15, 0.2) is 192 Å². The van der Waals surface area contributed by atoms with Crippen LogP contribution in [0.25, 0.3) is 0 Å². The van der Waals surface area contributed by atoms with Gasteiger partial charge in [0.1, 0.15) is 0 Å². The van der Waals surface area contributed by atoms with E-state index >= 15 is 0 Å². The zero-order chi connectivity index (χ0) is 37.2. The summed E-state index contributed by atoms with van der Waals surface area (Å²) in [4.78, 5) is 0. The second-order valence-electron chi connectivity index (χ2n) is 12.1. The zero-order valence-corrected chi connectivity index (χ0v) is 42.6. The fourth-order valence-corrected chi connectivity index (χ4v) is 14.8. The zero-order valence-electron chi connectivity index (χ0n) is 31.8. The summed E-state index contributed by atoms with van der Waals surface area (Å²) in [5.41, 5.74) is 4.28. The van der Waals surface area contributed by atoms with Crippen LogP contribution >= 0.6 is 24.8 Å². The molecule has 4 aromatic rings. The number of allylic oxidation sites excluding steroid dienone is 16. The molecule has 0 fully saturated rings. The molecule has 4 aliphatic rings. The summed E-state index contributed by atoms with van der Waals surface area (Å²) in [6.07, 6.45) is 33.3. The number of benzene rings is 4. The summed E-state index contributed by atoms with van der Waals surface area (Å²) in [6.45, 7) is 8.24. The second-order valence-corrected chi connectivity index (χ2v) is 26.7. The molecule has 0 atom stereocenters. The molecule has 54 heavy (non-hydrogen) atoms. The van der Waals surface area contributed by atoms with Crippen LogP contribution in [0.2, 0.25) is 0 Å². The van der Waals surface area contributed by atoms with E-state index in [1.807, 2.05) is 0 Å². The van der Waals surface area contributed by atoms with Gasteiger partial charge in [0.15, 0.2) is 0 Å². The van der Waals surface area contributed by atoms with Gasteiger partial charge in [-0.25, -0.2) is 46.6 Å². The van der Waals surface area contributed by atoms with Crippen molar-refractivity contribution >= 4 is 56.6 Å². The minimum absolute atomic E-state index is 0. The van der Waals surface area contributed by atoms with Crippen molar-refractivity contribution in [2.75, 3.05) is 0 Å².